The van der Waals surface area contributed by atoms with Crippen LogP contribution in [0.25, 0.3) is 0 Å². The number of aromatic nitrogens is 1. The Morgan fingerprint density at radius 2 is 2.30 bits per heavy atom. The fourth-order valence-electron chi connectivity index (χ4n) is 2.65. The van der Waals surface area contributed by atoms with Gasteiger partial charge in [-0.25, -0.2) is 4.98 Å². The predicted octanol–water partition coefficient (Wildman–Crippen LogP) is 2.03. The molecule has 1 amide bonds. The van der Waals surface area contributed by atoms with E-state index in [9.17, 15) is 9.59 Å². The van der Waals surface area contributed by atoms with Gasteiger partial charge in [0.1, 0.15) is 5.03 Å². The minimum Gasteiger partial charge on any atom is -0.481 e. The number of carbonyl (C=O) groups is 2. The topological polar surface area (TPSA) is 79.3 Å². The van der Waals surface area contributed by atoms with Gasteiger partial charge in [-0.05, 0) is 37.1 Å². The van der Waals surface area contributed by atoms with Gasteiger partial charge in [-0.2, -0.15) is 0 Å². The molecule has 0 radical (unpaired) electrons. The first-order valence-corrected chi connectivity index (χ1v) is 7.86. The molecule has 5 nitrogen and oxygen atoms in total. The molecule has 0 aromatic carbocycles. The second-order valence-electron chi connectivity index (χ2n) is 4.91. The predicted molar refractivity (Wildman–Crippen MR) is 76.8 cm³/mol. The average Bonchev–Trinajstić information content (AvgIpc) is 2.93. The molecular weight excluding hydrogens is 276 g/mol. The summed E-state index contributed by atoms with van der Waals surface area (Å²) in [6.45, 7) is 0.415. The second kappa shape index (κ2) is 6.74. The number of aliphatic carboxylic acids is 1. The van der Waals surface area contributed by atoms with Crippen LogP contribution in [0.4, 0.5) is 0 Å². The molecule has 6 heteroatoms. The lowest BCUT2D eigenvalue weighted by Gasteiger charge is -2.16. The third kappa shape index (κ3) is 3.30. The molecule has 2 N–H and O–H groups in total. The van der Waals surface area contributed by atoms with Crippen LogP contribution in [0, 0.1) is 11.8 Å². The third-order valence-corrected chi connectivity index (χ3v) is 4.42. The first-order valence-electron chi connectivity index (χ1n) is 6.63. The Labute approximate surface area is 122 Å². The van der Waals surface area contributed by atoms with E-state index in [-0.39, 0.29) is 17.7 Å². The van der Waals surface area contributed by atoms with E-state index >= 15 is 0 Å². The zero-order valence-corrected chi connectivity index (χ0v) is 12.2. The summed E-state index contributed by atoms with van der Waals surface area (Å²) in [5.41, 5.74) is 0.546. The minimum absolute atomic E-state index is 0.0332. The monoisotopic (exact) mass is 294 g/mol. The van der Waals surface area contributed by atoms with Gasteiger partial charge in [0, 0.05) is 12.7 Å². The first-order chi connectivity index (χ1) is 9.63. The summed E-state index contributed by atoms with van der Waals surface area (Å²) >= 11 is 1.42. The zero-order chi connectivity index (χ0) is 14.5. The van der Waals surface area contributed by atoms with Crippen LogP contribution in [0.3, 0.4) is 0 Å². The van der Waals surface area contributed by atoms with Gasteiger partial charge in [0.15, 0.2) is 0 Å². The molecule has 1 heterocycles. The standard InChI is InChI=1S/C14H18N2O3S/c1-20-13-11(6-3-7-15-13)12(17)16-8-9-4-2-5-10(9)14(18)19/h3,6-7,9-10H,2,4-5,8H2,1H3,(H,16,17)(H,18,19). The van der Waals surface area contributed by atoms with Crippen molar-refractivity contribution < 1.29 is 14.7 Å². The maximum atomic E-state index is 12.1. The Balaban J connectivity index is 1.97. The van der Waals surface area contributed by atoms with Gasteiger partial charge < -0.3 is 10.4 Å². The molecule has 0 aliphatic heterocycles. The molecule has 1 fully saturated rings. The van der Waals surface area contributed by atoms with Crippen LogP contribution in [0.1, 0.15) is 29.6 Å². The number of hydrogen-bond donors (Lipinski definition) is 2. The number of nitrogens with one attached hydrogen (secondary N) is 1. The highest BCUT2D eigenvalue weighted by Gasteiger charge is 2.33. The Morgan fingerprint density at radius 1 is 1.50 bits per heavy atom. The number of pyridine rings is 1. The molecule has 20 heavy (non-hydrogen) atoms. The summed E-state index contributed by atoms with van der Waals surface area (Å²) in [6, 6.07) is 3.46. The largest absolute Gasteiger partial charge is 0.481 e. The molecule has 1 aromatic rings. The summed E-state index contributed by atoms with van der Waals surface area (Å²) < 4.78 is 0. The van der Waals surface area contributed by atoms with Crippen molar-refractivity contribution in [3.05, 3.63) is 23.9 Å². The van der Waals surface area contributed by atoms with E-state index in [1.54, 1.807) is 18.3 Å². The molecule has 0 saturated heterocycles. The van der Waals surface area contributed by atoms with E-state index in [1.165, 1.54) is 11.8 Å². The smallest absolute Gasteiger partial charge is 0.306 e. The molecule has 0 bridgehead atoms. The summed E-state index contributed by atoms with van der Waals surface area (Å²) in [7, 11) is 0. The van der Waals surface area contributed by atoms with E-state index in [0.29, 0.717) is 23.6 Å². The van der Waals surface area contributed by atoms with Crippen molar-refractivity contribution in [2.24, 2.45) is 11.8 Å². The molecule has 0 spiro atoms. The number of nitrogens with zero attached hydrogens (tertiary/aromatic N) is 1. The van der Waals surface area contributed by atoms with Crippen LogP contribution in [0.15, 0.2) is 23.4 Å². The molecule has 108 valence electrons. The molecule has 1 aliphatic rings. The number of thioether (sulfide) groups is 1. The van der Waals surface area contributed by atoms with Crippen LogP contribution in [-0.4, -0.2) is 34.8 Å². The Kier molecular flexibility index (Phi) is 5.00. The summed E-state index contributed by atoms with van der Waals surface area (Å²) in [6.07, 6.45) is 6.01. The average molecular weight is 294 g/mol. The SMILES string of the molecule is CSc1ncccc1C(=O)NCC1CCCC1C(=O)O. The normalized spacial score (nSPS) is 21.6. The van der Waals surface area contributed by atoms with Crippen LogP contribution < -0.4 is 5.32 Å². The molecule has 2 atom stereocenters. The highest BCUT2D eigenvalue weighted by Crippen LogP contribution is 2.31. The first kappa shape index (κ1) is 14.8. The lowest BCUT2D eigenvalue weighted by molar-refractivity contribution is -0.142. The Bertz CT molecular complexity index is 507. The van der Waals surface area contributed by atoms with Gasteiger partial charge in [-0.1, -0.05) is 6.42 Å². The van der Waals surface area contributed by atoms with Crippen molar-refractivity contribution in [3.8, 4) is 0 Å². The van der Waals surface area contributed by atoms with Crippen molar-refractivity contribution in [1.29, 1.82) is 0 Å². The molecule has 1 aliphatic carbocycles. The number of carboxylic acid groups (broad SMARTS) is 1. The number of carboxylic acids is 1. The quantitative estimate of drug-likeness (QED) is 0.812. The fourth-order valence-corrected chi connectivity index (χ4v) is 3.20. The molecule has 1 saturated carbocycles. The number of rotatable bonds is 5. The van der Waals surface area contributed by atoms with E-state index in [0.717, 1.165) is 12.8 Å². The van der Waals surface area contributed by atoms with Crippen molar-refractivity contribution in [3.63, 3.8) is 0 Å². The minimum atomic E-state index is -0.757. The van der Waals surface area contributed by atoms with Gasteiger partial charge in [0.2, 0.25) is 0 Å². The zero-order valence-electron chi connectivity index (χ0n) is 11.3. The van der Waals surface area contributed by atoms with Crippen molar-refractivity contribution >= 4 is 23.6 Å². The van der Waals surface area contributed by atoms with E-state index in [2.05, 4.69) is 10.3 Å². The fraction of sp³-hybridized carbons (Fsp3) is 0.500. The van der Waals surface area contributed by atoms with Gasteiger partial charge in [0.25, 0.3) is 5.91 Å². The maximum absolute atomic E-state index is 12.1. The molecule has 2 rings (SSSR count). The van der Waals surface area contributed by atoms with Crippen molar-refractivity contribution in [1.82, 2.24) is 10.3 Å². The second-order valence-corrected chi connectivity index (χ2v) is 5.70. The third-order valence-electron chi connectivity index (χ3n) is 3.71. The van der Waals surface area contributed by atoms with Crippen LogP contribution in [-0.2, 0) is 4.79 Å². The van der Waals surface area contributed by atoms with E-state index in [4.69, 9.17) is 5.11 Å². The van der Waals surface area contributed by atoms with E-state index < -0.39 is 5.97 Å². The highest BCUT2D eigenvalue weighted by atomic mass is 32.2. The van der Waals surface area contributed by atoms with Gasteiger partial charge in [-0.3, -0.25) is 9.59 Å². The summed E-state index contributed by atoms with van der Waals surface area (Å²) in [5, 5.41) is 12.7. The van der Waals surface area contributed by atoms with Crippen LogP contribution in [0.5, 0.6) is 0 Å². The number of carbonyl (C=O) groups excluding carboxylic acids is 1. The van der Waals surface area contributed by atoms with Crippen LogP contribution >= 0.6 is 11.8 Å². The van der Waals surface area contributed by atoms with E-state index in [1.807, 2.05) is 6.26 Å². The molecule has 1 aromatic heterocycles. The molecular formula is C14H18N2O3S. The van der Waals surface area contributed by atoms with Gasteiger partial charge >= 0.3 is 5.97 Å². The summed E-state index contributed by atoms with van der Waals surface area (Å²) in [5.74, 6) is -1.23. The van der Waals surface area contributed by atoms with Crippen LogP contribution in [0.2, 0.25) is 0 Å². The number of amides is 1. The van der Waals surface area contributed by atoms with Crippen molar-refractivity contribution in [2.45, 2.75) is 24.3 Å². The number of hydrogen-bond acceptors (Lipinski definition) is 4. The highest BCUT2D eigenvalue weighted by molar-refractivity contribution is 7.98. The lowest BCUT2D eigenvalue weighted by atomic mass is 9.96. The van der Waals surface area contributed by atoms with Gasteiger partial charge in [-0.15, -0.1) is 11.8 Å². The Hall–Kier alpha value is -1.56. The maximum Gasteiger partial charge on any atom is 0.306 e. The molecule has 2 unspecified atom stereocenters. The Morgan fingerprint density at radius 3 is 3.00 bits per heavy atom. The van der Waals surface area contributed by atoms with Gasteiger partial charge in [0.05, 0.1) is 11.5 Å². The summed E-state index contributed by atoms with van der Waals surface area (Å²) in [4.78, 5) is 27.4. The lowest BCUT2D eigenvalue weighted by Crippen LogP contribution is -2.33. The van der Waals surface area contributed by atoms with Crippen molar-refractivity contribution in [2.75, 3.05) is 12.8 Å².